The molecule has 2 heterocycles. The van der Waals surface area contributed by atoms with Gasteiger partial charge in [-0.2, -0.15) is 0 Å². The summed E-state index contributed by atoms with van der Waals surface area (Å²) < 4.78 is 23.3. The van der Waals surface area contributed by atoms with E-state index >= 15 is 0 Å². The lowest BCUT2D eigenvalue weighted by atomic mass is 10.1. The van der Waals surface area contributed by atoms with Gasteiger partial charge in [0, 0.05) is 13.1 Å². The number of phenols is 1. The Balaban J connectivity index is 1.57. The van der Waals surface area contributed by atoms with E-state index in [0.29, 0.717) is 6.42 Å². The first-order valence-corrected chi connectivity index (χ1v) is 11.0. The molecular formula is C18H28N3O4S+. The van der Waals surface area contributed by atoms with Gasteiger partial charge >= 0.3 is 0 Å². The van der Waals surface area contributed by atoms with Crippen LogP contribution < -0.4 is 9.80 Å². The summed E-state index contributed by atoms with van der Waals surface area (Å²) in [6.07, 6.45) is 0.535. The van der Waals surface area contributed by atoms with E-state index in [2.05, 4.69) is 4.90 Å². The van der Waals surface area contributed by atoms with Crippen LogP contribution in [0.3, 0.4) is 0 Å². The number of nitrogens with zero attached hydrogens (tertiary/aromatic N) is 2. The van der Waals surface area contributed by atoms with Gasteiger partial charge in [0.1, 0.15) is 5.75 Å². The van der Waals surface area contributed by atoms with Crippen molar-refractivity contribution in [2.45, 2.75) is 25.4 Å². The average molecular weight is 383 g/mol. The predicted octanol–water partition coefficient (Wildman–Crippen LogP) is -0.869. The van der Waals surface area contributed by atoms with Gasteiger partial charge in [-0.25, -0.2) is 8.42 Å². The van der Waals surface area contributed by atoms with Gasteiger partial charge < -0.3 is 19.8 Å². The molecule has 7 nitrogen and oxygen atoms in total. The quantitative estimate of drug-likeness (QED) is 0.708. The minimum atomic E-state index is -3.00. The van der Waals surface area contributed by atoms with Gasteiger partial charge in [0.25, 0.3) is 5.91 Å². The van der Waals surface area contributed by atoms with E-state index in [1.165, 1.54) is 4.90 Å². The maximum Gasteiger partial charge on any atom is 0.280 e. The van der Waals surface area contributed by atoms with Crippen molar-refractivity contribution in [2.75, 3.05) is 49.6 Å². The van der Waals surface area contributed by atoms with Gasteiger partial charge in [-0.1, -0.05) is 12.1 Å². The molecule has 3 rings (SSSR count). The zero-order valence-corrected chi connectivity index (χ0v) is 16.2. The zero-order chi connectivity index (χ0) is 18.9. The molecule has 2 N–H and O–H groups in total. The van der Waals surface area contributed by atoms with E-state index in [1.54, 1.807) is 24.1 Å². The van der Waals surface area contributed by atoms with Crippen LogP contribution >= 0.6 is 0 Å². The Hall–Kier alpha value is -1.80. The number of phenolic OH excluding ortho intramolecular Hbond substituents is 1. The Morgan fingerprint density at radius 2 is 1.96 bits per heavy atom. The molecule has 2 fully saturated rings. The Morgan fingerprint density at radius 3 is 2.54 bits per heavy atom. The molecule has 0 bridgehead atoms. The fourth-order valence-corrected chi connectivity index (χ4v) is 5.71. The van der Waals surface area contributed by atoms with Gasteiger partial charge in [0.05, 0.1) is 43.4 Å². The molecule has 2 saturated heterocycles. The van der Waals surface area contributed by atoms with Gasteiger partial charge in [0.2, 0.25) is 0 Å². The van der Waals surface area contributed by atoms with Crippen LogP contribution in [0, 0.1) is 0 Å². The minimum absolute atomic E-state index is 0.0121. The van der Waals surface area contributed by atoms with Crippen molar-refractivity contribution < 1.29 is 23.2 Å². The maximum absolute atomic E-state index is 12.8. The number of anilines is 1. The number of carbonyl (C=O) groups excluding carboxylic acids is 1. The van der Waals surface area contributed by atoms with E-state index in [9.17, 15) is 18.3 Å². The largest absolute Gasteiger partial charge is 0.506 e. The third-order valence-corrected chi connectivity index (χ3v) is 7.46. The summed E-state index contributed by atoms with van der Waals surface area (Å²) in [6, 6.07) is 6.91. The summed E-state index contributed by atoms with van der Waals surface area (Å²) in [5, 5.41) is 10.0. The lowest BCUT2D eigenvalue weighted by molar-refractivity contribution is -0.915. The van der Waals surface area contributed by atoms with Crippen molar-refractivity contribution >= 4 is 21.4 Å². The van der Waals surface area contributed by atoms with Crippen molar-refractivity contribution in [3.63, 3.8) is 0 Å². The highest BCUT2D eigenvalue weighted by Gasteiger charge is 2.37. The third kappa shape index (κ3) is 3.96. The second-order valence-electron chi connectivity index (χ2n) is 7.36. The van der Waals surface area contributed by atoms with Crippen molar-refractivity contribution in [2.24, 2.45) is 0 Å². The Morgan fingerprint density at radius 1 is 1.31 bits per heavy atom. The minimum Gasteiger partial charge on any atom is -0.506 e. The fraction of sp³-hybridized carbons (Fsp3) is 0.611. The first kappa shape index (κ1) is 19.0. The molecule has 1 aromatic rings. The summed E-state index contributed by atoms with van der Waals surface area (Å²) >= 11 is 0. The number of likely N-dealkylation sites (N-methyl/N-ethyl adjacent to an activating group) is 1. The summed E-state index contributed by atoms with van der Waals surface area (Å²) in [5.74, 6) is 0.550. The van der Waals surface area contributed by atoms with Crippen LogP contribution in [0.4, 0.5) is 5.69 Å². The molecule has 8 heteroatoms. The number of aromatic hydroxyl groups is 1. The molecule has 0 unspecified atom stereocenters. The lowest BCUT2D eigenvalue weighted by Gasteiger charge is -2.37. The number of sulfone groups is 1. The number of rotatable bonds is 4. The number of para-hydroxylation sites is 2. The molecule has 0 saturated carbocycles. The van der Waals surface area contributed by atoms with Crippen LogP contribution in [-0.4, -0.2) is 81.1 Å². The van der Waals surface area contributed by atoms with Crippen LogP contribution in [0.2, 0.25) is 0 Å². The van der Waals surface area contributed by atoms with Gasteiger partial charge in [-0.05, 0) is 25.5 Å². The number of quaternary nitrogens is 1. The van der Waals surface area contributed by atoms with Gasteiger partial charge in [-0.15, -0.1) is 0 Å². The van der Waals surface area contributed by atoms with E-state index in [1.807, 2.05) is 19.1 Å². The first-order valence-electron chi connectivity index (χ1n) is 9.13. The van der Waals surface area contributed by atoms with Crippen LogP contribution in [-0.2, 0) is 14.6 Å². The van der Waals surface area contributed by atoms with E-state index in [-0.39, 0.29) is 35.2 Å². The second-order valence-corrected chi connectivity index (χ2v) is 9.59. The molecule has 144 valence electrons. The summed E-state index contributed by atoms with van der Waals surface area (Å²) in [6.45, 7) is 5.07. The molecule has 0 aromatic heterocycles. The Labute approximate surface area is 155 Å². The molecular weight excluding hydrogens is 354 g/mol. The number of hydrogen-bond donors (Lipinski definition) is 2. The Kier molecular flexibility index (Phi) is 5.43. The summed E-state index contributed by atoms with van der Waals surface area (Å²) in [5.41, 5.74) is 0.832. The molecule has 2 aliphatic heterocycles. The van der Waals surface area contributed by atoms with E-state index in [4.69, 9.17) is 0 Å². The van der Waals surface area contributed by atoms with Gasteiger partial charge in [-0.3, -0.25) is 4.79 Å². The first-order chi connectivity index (χ1) is 12.3. The molecule has 2 atom stereocenters. The highest BCUT2D eigenvalue weighted by molar-refractivity contribution is 7.91. The fourth-order valence-electron chi connectivity index (χ4n) is 3.94. The highest BCUT2D eigenvalue weighted by atomic mass is 32.2. The number of nitrogens with one attached hydrogen (secondary N) is 1. The van der Waals surface area contributed by atoms with Gasteiger partial charge in [0.15, 0.2) is 15.9 Å². The lowest BCUT2D eigenvalue weighted by Crippen LogP contribution is -3.19. The number of benzene rings is 1. The second kappa shape index (κ2) is 7.44. The monoisotopic (exact) mass is 382 g/mol. The van der Waals surface area contributed by atoms with Crippen molar-refractivity contribution in [3.8, 4) is 5.75 Å². The SMILES string of the molecule is C[C@H](C(=O)N(C)[C@H]1CCS(=O)(=O)C1)[NH+]1CCN(c2ccccc2O)CC1. The zero-order valence-electron chi connectivity index (χ0n) is 15.4. The smallest absolute Gasteiger partial charge is 0.280 e. The van der Waals surface area contributed by atoms with E-state index in [0.717, 1.165) is 31.9 Å². The van der Waals surface area contributed by atoms with Crippen molar-refractivity contribution in [3.05, 3.63) is 24.3 Å². The molecule has 0 spiro atoms. The third-order valence-electron chi connectivity index (χ3n) is 5.71. The molecule has 1 amide bonds. The normalized spacial score (nSPS) is 24.4. The molecule has 0 radical (unpaired) electrons. The summed E-state index contributed by atoms with van der Waals surface area (Å²) in [7, 11) is -1.27. The number of hydrogen-bond acceptors (Lipinski definition) is 5. The predicted molar refractivity (Wildman–Crippen MR) is 100 cm³/mol. The molecule has 2 aliphatic rings. The van der Waals surface area contributed by atoms with E-state index < -0.39 is 9.84 Å². The van der Waals surface area contributed by atoms with Crippen LogP contribution in [0.5, 0.6) is 5.75 Å². The van der Waals surface area contributed by atoms with Crippen molar-refractivity contribution in [1.29, 1.82) is 0 Å². The molecule has 0 aliphatic carbocycles. The standard InChI is InChI=1S/C18H27N3O4S/c1-14(18(23)19(2)15-7-12-26(24,25)13-15)20-8-10-21(11-9-20)16-5-3-4-6-17(16)22/h3-6,14-15,22H,7-13H2,1-2H3/p+1/t14-,15+/m1/s1. The molecule has 26 heavy (non-hydrogen) atoms. The highest BCUT2D eigenvalue weighted by Crippen LogP contribution is 2.26. The Bertz CT molecular complexity index is 759. The van der Waals surface area contributed by atoms with Crippen molar-refractivity contribution in [1.82, 2.24) is 4.90 Å². The number of piperazine rings is 1. The van der Waals surface area contributed by atoms with Crippen LogP contribution in [0.15, 0.2) is 24.3 Å². The topological polar surface area (TPSA) is 82.4 Å². The average Bonchev–Trinajstić information content (AvgIpc) is 3.00. The number of carbonyl (C=O) groups is 1. The molecule has 1 aromatic carbocycles. The maximum atomic E-state index is 12.8. The van der Waals surface area contributed by atoms with Crippen LogP contribution in [0.25, 0.3) is 0 Å². The number of amides is 1. The summed E-state index contributed by atoms with van der Waals surface area (Å²) in [4.78, 5) is 17.8. The van der Waals surface area contributed by atoms with Crippen LogP contribution in [0.1, 0.15) is 13.3 Å².